The number of nitrogens with one attached hydrogen (secondary N) is 1. The van der Waals surface area contributed by atoms with Crippen molar-refractivity contribution in [3.63, 3.8) is 0 Å². The van der Waals surface area contributed by atoms with E-state index in [9.17, 15) is 4.79 Å². The summed E-state index contributed by atoms with van der Waals surface area (Å²) in [5.74, 6) is -0.180. The minimum atomic E-state index is -0.180. The smallest absolute Gasteiger partial charge is 0.302 e. The molecule has 1 rings (SSSR count). The molecule has 0 unspecified atom stereocenters. The highest BCUT2D eigenvalue weighted by Gasteiger charge is 2.08. The lowest BCUT2D eigenvalue weighted by Gasteiger charge is -2.26. The Kier molecular flexibility index (Phi) is 4.78. The van der Waals surface area contributed by atoms with Crippen LogP contribution < -0.4 is 5.32 Å². The number of piperazine rings is 1. The molecule has 4 heteroatoms. The fraction of sp³-hybridized carbons (Fsp3) is 0.889. The highest BCUT2D eigenvalue weighted by molar-refractivity contribution is 5.65. The summed E-state index contributed by atoms with van der Waals surface area (Å²) in [4.78, 5) is 12.8. The Morgan fingerprint density at radius 3 is 2.77 bits per heavy atom. The van der Waals surface area contributed by atoms with Crippen LogP contribution in [0.1, 0.15) is 13.3 Å². The average Bonchev–Trinajstić information content (AvgIpc) is 2.14. The standard InChI is InChI=1S/C9H18N2O2/c1-9(12)13-8-2-5-11-6-3-10-4-7-11/h10H,2-8H2,1H3. The summed E-state index contributed by atoms with van der Waals surface area (Å²) < 4.78 is 4.85. The first kappa shape index (κ1) is 10.5. The molecule has 0 amide bonds. The Morgan fingerprint density at radius 2 is 2.15 bits per heavy atom. The molecule has 0 spiro atoms. The second kappa shape index (κ2) is 5.94. The third-order valence-electron chi connectivity index (χ3n) is 2.13. The van der Waals surface area contributed by atoms with Crippen LogP contribution in [0.2, 0.25) is 0 Å². The number of carbonyl (C=O) groups excluding carboxylic acids is 1. The van der Waals surface area contributed by atoms with E-state index in [4.69, 9.17) is 4.74 Å². The van der Waals surface area contributed by atoms with Gasteiger partial charge in [-0.2, -0.15) is 0 Å². The van der Waals surface area contributed by atoms with Gasteiger partial charge in [-0.3, -0.25) is 4.79 Å². The summed E-state index contributed by atoms with van der Waals surface area (Å²) in [5, 5.41) is 3.30. The molecule has 0 saturated carbocycles. The molecule has 0 aromatic heterocycles. The van der Waals surface area contributed by atoms with Crippen molar-refractivity contribution in [3.8, 4) is 0 Å². The van der Waals surface area contributed by atoms with Crippen molar-refractivity contribution in [2.45, 2.75) is 13.3 Å². The molecule has 1 aliphatic rings. The van der Waals surface area contributed by atoms with Crippen LogP contribution in [-0.4, -0.2) is 50.2 Å². The highest BCUT2D eigenvalue weighted by atomic mass is 16.5. The molecule has 4 nitrogen and oxygen atoms in total. The summed E-state index contributed by atoms with van der Waals surface area (Å²) in [5.41, 5.74) is 0. The molecule has 1 heterocycles. The number of rotatable bonds is 4. The average molecular weight is 186 g/mol. The van der Waals surface area contributed by atoms with E-state index in [2.05, 4.69) is 10.2 Å². The summed E-state index contributed by atoms with van der Waals surface area (Å²) >= 11 is 0. The van der Waals surface area contributed by atoms with Gasteiger partial charge in [-0.05, 0) is 6.42 Å². The zero-order valence-electron chi connectivity index (χ0n) is 8.21. The Labute approximate surface area is 79.2 Å². The van der Waals surface area contributed by atoms with E-state index in [0.29, 0.717) is 6.61 Å². The fourth-order valence-corrected chi connectivity index (χ4v) is 1.44. The molecular formula is C9H18N2O2. The maximum Gasteiger partial charge on any atom is 0.302 e. The second-order valence-corrected chi connectivity index (χ2v) is 3.29. The molecule has 0 aromatic rings. The highest BCUT2D eigenvalue weighted by Crippen LogP contribution is 1.94. The minimum Gasteiger partial charge on any atom is -0.466 e. The Morgan fingerprint density at radius 1 is 1.46 bits per heavy atom. The zero-order chi connectivity index (χ0) is 9.52. The molecule has 1 saturated heterocycles. The van der Waals surface area contributed by atoms with Gasteiger partial charge in [0, 0.05) is 39.6 Å². The molecule has 1 fully saturated rings. The molecule has 0 aliphatic carbocycles. The van der Waals surface area contributed by atoms with E-state index in [1.165, 1.54) is 6.92 Å². The Hall–Kier alpha value is -0.610. The number of esters is 1. The monoisotopic (exact) mass is 186 g/mol. The molecule has 0 bridgehead atoms. The van der Waals surface area contributed by atoms with Gasteiger partial charge < -0.3 is 15.0 Å². The first-order valence-electron chi connectivity index (χ1n) is 4.85. The van der Waals surface area contributed by atoms with Crippen molar-refractivity contribution in [1.29, 1.82) is 0 Å². The predicted molar refractivity (Wildman–Crippen MR) is 50.6 cm³/mol. The third kappa shape index (κ3) is 4.85. The van der Waals surface area contributed by atoms with Crippen LogP contribution in [0.15, 0.2) is 0 Å². The van der Waals surface area contributed by atoms with Gasteiger partial charge in [0.2, 0.25) is 0 Å². The number of carbonyl (C=O) groups is 1. The van der Waals surface area contributed by atoms with E-state index >= 15 is 0 Å². The fourth-order valence-electron chi connectivity index (χ4n) is 1.44. The van der Waals surface area contributed by atoms with Crippen molar-refractivity contribution in [2.75, 3.05) is 39.3 Å². The normalized spacial score (nSPS) is 18.5. The van der Waals surface area contributed by atoms with E-state index in [1.54, 1.807) is 0 Å². The lowest BCUT2D eigenvalue weighted by molar-refractivity contribution is -0.141. The lowest BCUT2D eigenvalue weighted by atomic mass is 10.3. The van der Waals surface area contributed by atoms with Crippen LogP contribution in [0.5, 0.6) is 0 Å². The largest absolute Gasteiger partial charge is 0.466 e. The molecule has 0 aromatic carbocycles. The van der Waals surface area contributed by atoms with E-state index in [0.717, 1.165) is 39.1 Å². The molecule has 76 valence electrons. The van der Waals surface area contributed by atoms with E-state index in [1.807, 2.05) is 0 Å². The van der Waals surface area contributed by atoms with Crippen molar-refractivity contribution >= 4 is 5.97 Å². The van der Waals surface area contributed by atoms with Crippen LogP contribution in [-0.2, 0) is 9.53 Å². The van der Waals surface area contributed by atoms with Gasteiger partial charge in [-0.15, -0.1) is 0 Å². The first-order valence-corrected chi connectivity index (χ1v) is 4.85. The van der Waals surface area contributed by atoms with Gasteiger partial charge >= 0.3 is 5.97 Å². The summed E-state index contributed by atoms with van der Waals surface area (Å²) in [6.45, 7) is 7.42. The van der Waals surface area contributed by atoms with Crippen molar-refractivity contribution in [1.82, 2.24) is 10.2 Å². The van der Waals surface area contributed by atoms with Crippen LogP contribution in [0.3, 0.4) is 0 Å². The van der Waals surface area contributed by atoms with E-state index < -0.39 is 0 Å². The van der Waals surface area contributed by atoms with Crippen LogP contribution >= 0.6 is 0 Å². The maximum absolute atomic E-state index is 10.4. The number of hydrogen-bond acceptors (Lipinski definition) is 4. The minimum absolute atomic E-state index is 0.180. The summed E-state index contributed by atoms with van der Waals surface area (Å²) in [7, 11) is 0. The first-order chi connectivity index (χ1) is 6.29. The molecule has 13 heavy (non-hydrogen) atoms. The molecule has 1 aliphatic heterocycles. The van der Waals surface area contributed by atoms with Crippen LogP contribution in [0.25, 0.3) is 0 Å². The SMILES string of the molecule is CC(=O)OCCCN1CCNCC1. The quantitative estimate of drug-likeness (QED) is 0.489. The van der Waals surface area contributed by atoms with Crippen molar-refractivity contribution in [2.24, 2.45) is 0 Å². The van der Waals surface area contributed by atoms with Gasteiger partial charge in [0.25, 0.3) is 0 Å². The Bertz CT molecular complexity index is 156. The molecular weight excluding hydrogens is 168 g/mol. The zero-order valence-corrected chi connectivity index (χ0v) is 8.21. The van der Waals surface area contributed by atoms with E-state index in [-0.39, 0.29) is 5.97 Å². The number of hydrogen-bond donors (Lipinski definition) is 1. The number of ether oxygens (including phenoxy) is 1. The Balaban J connectivity index is 1.95. The van der Waals surface area contributed by atoms with Crippen molar-refractivity contribution in [3.05, 3.63) is 0 Å². The predicted octanol–water partition coefficient (Wildman–Crippen LogP) is -0.155. The van der Waals surface area contributed by atoms with Crippen LogP contribution in [0.4, 0.5) is 0 Å². The van der Waals surface area contributed by atoms with Gasteiger partial charge in [0.05, 0.1) is 6.61 Å². The van der Waals surface area contributed by atoms with Gasteiger partial charge in [0.1, 0.15) is 0 Å². The van der Waals surface area contributed by atoms with Gasteiger partial charge in [-0.25, -0.2) is 0 Å². The topological polar surface area (TPSA) is 41.6 Å². The maximum atomic E-state index is 10.4. The van der Waals surface area contributed by atoms with Gasteiger partial charge in [-0.1, -0.05) is 0 Å². The third-order valence-corrected chi connectivity index (χ3v) is 2.13. The van der Waals surface area contributed by atoms with Crippen molar-refractivity contribution < 1.29 is 9.53 Å². The summed E-state index contributed by atoms with van der Waals surface area (Å²) in [6.07, 6.45) is 0.944. The molecule has 0 atom stereocenters. The lowest BCUT2D eigenvalue weighted by Crippen LogP contribution is -2.43. The summed E-state index contributed by atoms with van der Waals surface area (Å²) in [6, 6.07) is 0. The molecule has 0 radical (unpaired) electrons. The van der Waals surface area contributed by atoms with Crippen LogP contribution in [0, 0.1) is 0 Å². The van der Waals surface area contributed by atoms with Gasteiger partial charge in [0.15, 0.2) is 0 Å². The number of nitrogens with zero attached hydrogens (tertiary/aromatic N) is 1. The second-order valence-electron chi connectivity index (χ2n) is 3.29. The molecule has 1 N–H and O–H groups in total.